The lowest BCUT2D eigenvalue weighted by molar-refractivity contribution is 0.432. The Kier molecular flexibility index (Phi) is 3.88. The largest absolute Gasteiger partial charge is 0.314 e. The van der Waals surface area contributed by atoms with Gasteiger partial charge >= 0.3 is 0 Å². The fourth-order valence-electron chi connectivity index (χ4n) is 3.26. The van der Waals surface area contributed by atoms with Crippen LogP contribution < -0.4 is 10.6 Å². The molecule has 1 atom stereocenters. The number of aromatic nitrogens is 1. The molecule has 3 aromatic rings. The number of hydrogen-bond donors (Lipinski definition) is 2. The van der Waals surface area contributed by atoms with E-state index in [1.54, 1.807) is 30.5 Å². The first kappa shape index (κ1) is 15.4. The van der Waals surface area contributed by atoms with Gasteiger partial charge in [0, 0.05) is 37.3 Å². The van der Waals surface area contributed by atoms with Gasteiger partial charge in [-0.25, -0.2) is 12.4 Å². The van der Waals surface area contributed by atoms with E-state index in [1.807, 2.05) is 24.3 Å². The molecule has 0 bridgehead atoms. The highest BCUT2D eigenvalue weighted by Crippen LogP contribution is 2.28. The SMILES string of the molecule is O=S(=O)(c1ccccc1)n1ccc2c(C3CNCCN3)cccc21. The Morgan fingerprint density at radius 2 is 1.79 bits per heavy atom. The quantitative estimate of drug-likeness (QED) is 0.766. The first-order valence-corrected chi connectivity index (χ1v) is 9.46. The van der Waals surface area contributed by atoms with Crippen molar-refractivity contribution in [3.8, 4) is 0 Å². The maximum absolute atomic E-state index is 12.9. The van der Waals surface area contributed by atoms with Gasteiger partial charge in [-0.1, -0.05) is 30.3 Å². The number of nitrogens with one attached hydrogen (secondary N) is 2. The summed E-state index contributed by atoms with van der Waals surface area (Å²) in [6, 6.07) is 16.5. The van der Waals surface area contributed by atoms with E-state index >= 15 is 0 Å². The second-order valence-electron chi connectivity index (χ2n) is 5.92. The third kappa shape index (κ3) is 2.53. The smallest absolute Gasteiger partial charge is 0.268 e. The maximum Gasteiger partial charge on any atom is 0.268 e. The fourth-order valence-corrected chi connectivity index (χ4v) is 4.63. The maximum atomic E-state index is 12.9. The molecule has 4 rings (SSSR count). The van der Waals surface area contributed by atoms with Crippen LogP contribution in [0.1, 0.15) is 11.6 Å². The van der Waals surface area contributed by atoms with Crippen LogP contribution in [0.5, 0.6) is 0 Å². The van der Waals surface area contributed by atoms with Gasteiger partial charge in [0.2, 0.25) is 0 Å². The van der Waals surface area contributed by atoms with Gasteiger partial charge in [-0.05, 0) is 29.8 Å². The van der Waals surface area contributed by atoms with Crippen LogP contribution in [0.25, 0.3) is 10.9 Å². The summed E-state index contributed by atoms with van der Waals surface area (Å²) in [5.74, 6) is 0. The Morgan fingerprint density at radius 1 is 0.958 bits per heavy atom. The molecule has 124 valence electrons. The van der Waals surface area contributed by atoms with E-state index in [2.05, 4.69) is 16.7 Å². The molecular weight excluding hydrogens is 322 g/mol. The summed E-state index contributed by atoms with van der Waals surface area (Å²) in [7, 11) is -3.59. The Balaban J connectivity index is 1.84. The minimum atomic E-state index is -3.59. The predicted molar refractivity (Wildman–Crippen MR) is 94.6 cm³/mol. The minimum Gasteiger partial charge on any atom is -0.314 e. The topological polar surface area (TPSA) is 63.1 Å². The van der Waals surface area contributed by atoms with E-state index in [4.69, 9.17) is 0 Å². The molecule has 1 saturated heterocycles. The van der Waals surface area contributed by atoms with Gasteiger partial charge in [0.1, 0.15) is 0 Å². The summed E-state index contributed by atoms with van der Waals surface area (Å²) in [6.07, 6.45) is 1.65. The van der Waals surface area contributed by atoms with E-state index < -0.39 is 10.0 Å². The molecule has 2 aromatic carbocycles. The molecule has 2 N–H and O–H groups in total. The Bertz CT molecular complexity index is 958. The summed E-state index contributed by atoms with van der Waals surface area (Å²) in [4.78, 5) is 0.297. The molecule has 1 aromatic heterocycles. The number of benzene rings is 2. The Labute approximate surface area is 141 Å². The molecule has 1 fully saturated rings. The number of hydrogen-bond acceptors (Lipinski definition) is 4. The molecule has 0 radical (unpaired) electrons. The van der Waals surface area contributed by atoms with Crippen molar-refractivity contribution in [3.63, 3.8) is 0 Å². The minimum absolute atomic E-state index is 0.192. The summed E-state index contributed by atoms with van der Waals surface area (Å²) in [5, 5.41) is 7.83. The summed E-state index contributed by atoms with van der Waals surface area (Å²) in [6.45, 7) is 2.70. The molecule has 5 nitrogen and oxygen atoms in total. The van der Waals surface area contributed by atoms with Crippen LogP contribution in [0.4, 0.5) is 0 Å². The summed E-state index contributed by atoms with van der Waals surface area (Å²) in [5.41, 5.74) is 1.84. The average Bonchev–Trinajstić information content (AvgIpc) is 3.08. The molecule has 6 heteroatoms. The van der Waals surface area contributed by atoms with E-state index in [0.717, 1.165) is 30.6 Å². The van der Waals surface area contributed by atoms with E-state index in [1.165, 1.54) is 3.97 Å². The van der Waals surface area contributed by atoms with Crippen molar-refractivity contribution >= 4 is 20.9 Å². The lowest BCUT2D eigenvalue weighted by atomic mass is 10.0. The molecule has 24 heavy (non-hydrogen) atoms. The monoisotopic (exact) mass is 341 g/mol. The van der Waals surface area contributed by atoms with Crippen molar-refractivity contribution in [1.82, 2.24) is 14.6 Å². The lowest BCUT2D eigenvalue weighted by Gasteiger charge is -2.25. The number of rotatable bonds is 3. The molecule has 0 aliphatic carbocycles. The Morgan fingerprint density at radius 3 is 2.54 bits per heavy atom. The van der Waals surface area contributed by atoms with Crippen LogP contribution in [0.3, 0.4) is 0 Å². The van der Waals surface area contributed by atoms with Crippen molar-refractivity contribution < 1.29 is 8.42 Å². The van der Waals surface area contributed by atoms with Crippen molar-refractivity contribution in [2.24, 2.45) is 0 Å². The molecule has 0 spiro atoms. The van der Waals surface area contributed by atoms with Gasteiger partial charge in [-0.3, -0.25) is 0 Å². The molecular formula is C18H19N3O2S. The molecule has 0 saturated carbocycles. The van der Waals surface area contributed by atoms with Gasteiger partial charge in [0.05, 0.1) is 10.4 Å². The number of piperazine rings is 1. The first-order valence-electron chi connectivity index (χ1n) is 8.02. The van der Waals surface area contributed by atoms with Gasteiger partial charge in [0.25, 0.3) is 10.0 Å². The van der Waals surface area contributed by atoms with E-state index in [9.17, 15) is 8.42 Å². The molecule has 2 heterocycles. The van der Waals surface area contributed by atoms with E-state index in [0.29, 0.717) is 10.4 Å². The summed E-state index contributed by atoms with van der Waals surface area (Å²) >= 11 is 0. The van der Waals surface area contributed by atoms with Crippen LogP contribution in [0.2, 0.25) is 0 Å². The van der Waals surface area contributed by atoms with Crippen molar-refractivity contribution in [3.05, 3.63) is 66.4 Å². The number of fused-ring (bicyclic) bond motifs is 1. The second-order valence-corrected chi connectivity index (χ2v) is 7.74. The standard InChI is InChI=1S/C18H19N3O2S/c22-24(23,14-5-2-1-3-6-14)21-12-9-16-15(7-4-8-18(16)21)17-13-19-10-11-20-17/h1-9,12,17,19-20H,10-11,13H2. The summed E-state index contributed by atoms with van der Waals surface area (Å²) < 4.78 is 27.2. The van der Waals surface area contributed by atoms with Crippen LogP contribution in [-0.2, 0) is 10.0 Å². The van der Waals surface area contributed by atoms with Crippen molar-refractivity contribution in [1.29, 1.82) is 0 Å². The van der Waals surface area contributed by atoms with Crippen molar-refractivity contribution in [2.75, 3.05) is 19.6 Å². The molecule has 0 amide bonds. The highest BCUT2D eigenvalue weighted by molar-refractivity contribution is 7.90. The lowest BCUT2D eigenvalue weighted by Crippen LogP contribution is -2.42. The first-order chi connectivity index (χ1) is 11.7. The molecule has 1 unspecified atom stereocenters. The van der Waals surface area contributed by atoms with Crippen LogP contribution >= 0.6 is 0 Å². The second kappa shape index (κ2) is 6.05. The van der Waals surface area contributed by atoms with Gasteiger partial charge in [0.15, 0.2) is 0 Å². The van der Waals surface area contributed by atoms with Crippen molar-refractivity contribution in [2.45, 2.75) is 10.9 Å². The third-order valence-corrected chi connectivity index (χ3v) is 6.15. The highest BCUT2D eigenvalue weighted by Gasteiger charge is 2.22. The number of nitrogens with zero attached hydrogens (tertiary/aromatic N) is 1. The third-order valence-electron chi connectivity index (χ3n) is 4.45. The van der Waals surface area contributed by atoms with Gasteiger partial charge in [-0.2, -0.15) is 0 Å². The van der Waals surface area contributed by atoms with Crippen LogP contribution in [0.15, 0.2) is 65.7 Å². The van der Waals surface area contributed by atoms with Crippen LogP contribution in [-0.4, -0.2) is 32.0 Å². The fraction of sp³-hybridized carbons (Fsp3) is 0.222. The van der Waals surface area contributed by atoms with E-state index in [-0.39, 0.29) is 6.04 Å². The molecule has 1 aliphatic heterocycles. The zero-order valence-electron chi connectivity index (χ0n) is 13.1. The normalized spacial score (nSPS) is 18.8. The zero-order valence-corrected chi connectivity index (χ0v) is 14.0. The Hall–Kier alpha value is -2.15. The predicted octanol–water partition coefficient (Wildman–Crippen LogP) is 2.11. The zero-order chi connectivity index (χ0) is 16.6. The van der Waals surface area contributed by atoms with Gasteiger partial charge in [-0.15, -0.1) is 0 Å². The highest BCUT2D eigenvalue weighted by atomic mass is 32.2. The average molecular weight is 341 g/mol. The van der Waals surface area contributed by atoms with Crippen LogP contribution in [0, 0.1) is 0 Å². The van der Waals surface area contributed by atoms with Gasteiger partial charge < -0.3 is 10.6 Å². The molecule has 1 aliphatic rings.